The molecule has 0 unspecified atom stereocenters. The predicted octanol–water partition coefficient (Wildman–Crippen LogP) is 2.25. The summed E-state index contributed by atoms with van der Waals surface area (Å²) in [6.45, 7) is 0.808. The van der Waals surface area contributed by atoms with Crippen molar-refractivity contribution in [2.75, 3.05) is 6.54 Å². The minimum atomic E-state index is -1.24. The van der Waals surface area contributed by atoms with Crippen molar-refractivity contribution in [3.05, 3.63) is 72.1 Å². The fraction of sp³-hybridized carbons (Fsp3) is 0.190. The van der Waals surface area contributed by atoms with E-state index in [1.165, 1.54) is 0 Å². The van der Waals surface area contributed by atoms with Gasteiger partial charge in [-0.05, 0) is 24.6 Å². The number of rotatable bonds is 6. The number of carbonyl (C=O) groups is 3. The van der Waals surface area contributed by atoms with Gasteiger partial charge < -0.3 is 14.5 Å². The Bertz CT molecular complexity index is 1080. The Labute approximate surface area is 171 Å². The molecule has 1 fully saturated rings. The van der Waals surface area contributed by atoms with Gasteiger partial charge in [-0.3, -0.25) is 14.5 Å². The summed E-state index contributed by atoms with van der Waals surface area (Å²) in [7, 11) is 0. The smallest absolute Gasteiger partial charge is 0.326 e. The van der Waals surface area contributed by atoms with Crippen LogP contribution in [0.25, 0.3) is 11.5 Å². The normalized spacial score (nSPS) is 18.4. The van der Waals surface area contributed by atoms with Gasteiger partial charge >= 0.3 is 12.0 Å². The number of benzene rings is 2. The lowest BCUT2D eigenvalue weighted by molar-refractivity contribution is -0.149. The molecule has 3 aromatic rings. The van der Waals surface area contributed by atoms with Crippen LogP contribution in [0, 0.1) is 0 Å². The van der Waals surface area contributed by atoms with Crippen molar-refractivity contribution in [1.29, 1.82) is 0 Å². The van der Waals surface area contributed by atoms with Gasteiger partial charge in [-0.15, -0.1) is 10.2 Å². The highest BCUT2D eigenvalue weighted by molar-refractivity contribution is 6.08. The Balaban J connectivity index is 1.37. The van der Waals surface area contributed by atoms with E-state index in [-0.39, 0.29) is 12.5 Å². The van der Waals surface area contributed by atoms with Gasteiger partial charge in [0.05, 0.1) is 0 Å². The summed E-state index contributed by atoms with van der Waals surface area (Å²) in [6, 6.07) is 17.3. The summed E-state index contributed by atoms with van der Waals surface area (Å²) in [6.07, 6.45) is 0. The van der Waals surface area contributed by atoms with Crippen LogP contribution in [0.2, 0.25) is 0 Å². The largest absolute Gasteiger partial charge is 0.454 e. The van der Waals surface area contributed by atoms with Crippen LogP contribution in [0.5, 0.6) is 0 Å². The number of hydrogen-bond donors (Lipinski definition) is 1. The van der Waals surface area contributed by atoms with Crippen molar-refractivity contribution in [2.45, 2.75) is 19.1 Å². The first-order valence-electron chi connectivity index (χ1n) is 9.20. The molecule has 1 aliphatic rings. The van der Waals surface area contributed by atoms with Crippen LogP contribution in [0.4, 0.5) is 4.79 Å². The fourth-order valence-electron chi connectivity index (χ4n) is 3.13. The average Bonchev–Trinajstić information content (AvgIpc) is 3.33. The molecule has 1 aromatic heterocycles. The van der Waals surface area contributed by atoms with Crippen LogP contribution in [0.15, 0.2) is 65.1 Å². The number of amides is 3. The van der Waals surface area contributed by atoms with Gasteiger partial charge in [-0.2, -0.15) is 0 Å². The molecule has 9 heteroatoms. The topological polar surface area (TPSA) is 115 Å². The maximum absolute atomic E-state index is 12.8. The number of imide groups is 1. The molecule has 0 aliphatic carbocycles. The predicted molar refractivity (Wildman–Crippen MR) is 104 cm³/mol. The van der Waals surface area contributed by atoms with Gasteiger partial charge in [0, 0.05) is 5.56 Å². The first-order valence-corrected chi connectivity index (χ1v) is 9.20. The summed E-state index contributed by atoms with van der Waals surface area (Å²) in [5, 5.41) is 10.4. The molecule has 1 aliphatic heterocycles. The fourth-order valence-corrected chi connectivity index (χ4v) is 3.13. The molecular formula is C21H18N4O5. The summed E-state index contributed by atoms with van der Waals surface area (Å²) >= 11 is 0. The van der Waals surface area contributed by atoms with E-state index < -0.39 is 30.0 Å². The molecule has 152 valence electrons. The zero-order valence-electron chi connectivity index (χ0n) is 16.1. The Kier molecular flexibility index (Phi) is 5.01. The molecule has 9 nitrogen and oxygen atoms in total. The lowest BCUT2D eigenvalue weighted by Crippen LogP contribution is -2.41. The van der Waals surface area contributed by atoms with Gasteiger partial charge in [-0.25, -0.2) is 4.79 Å². The number of hydrogen-bond acceptors (Lipinski definition) is 7. The van der Waals surface area contributed by atoms with Crippen LogP contribution in [-0.4, -0.2) is 39.5 Å². The molecule has 0 radical (unpaired) electrons. The molecule has 0 spiro atoms. The van der Waals surface area contributed by atoms with Crippen LogP contribution in [0.3, 0.4) is 0 Å². The van der Waals surface area contributed by atoms with Crippen molar-refractivity contribution < 1.29 is 23.5 Å². The minimum Gasteiger partial charge on any atom is -0.454 e. The molecule has 1 saturated heterocycles. The van der Waals surface area contributed by atoms with Crippen molar-refractivity contribution in [2.24, 2.45) is 0 Å². The van der Waals surface area contributed by atoms with E-state index in [9.17, 15) is 14.4 Å². The lowest BCUT2D eigenvalue weighted by atomic mass is 9.92. The molecule has 4 rings (SSSR count). The molecule has 0 saturated carbocycles. The third-order valence-electron chi connectivity index (χ3n) is 4.76. The van der Waals surface area contributed by atoms with Crippen LogP contribution >= 0.6 is 0 Å². The number of carbonyl (C=O) groups excluding carboxylic acids is 3. The van der Waals surface area contributed by atoms with E-state index in [0.29, 0.717) is 11.5 Å². The molecule has 30 heavy (non-hydrogen) atoms. The minimum absolute atomic E-state index is 0.105. The highest BCUT2D eigenvalue weighted by Crippen LogP contribution is 2.28. The van der Waals surface area contributed by atoms with Gasteiger partial charge in [0.2, 0.25) is 5.89 Å². The van der Waals surface area contributed by atoms with Crippen LogP contribution in [-0.2, 0) is 26.5 Å². The summed E-state index contributed by atoms with van der Waals surface area (Å²) in [5.41, 5.74) is 0.121. The number of esters is 1. The van der Waals surface area contributed by atoms with E-state index in [0.717, 1.165) is 10.5 Å². The number of nitrogens with zero attached hydrogens (tertiary/aromatic N) is 3. The Morgan fingerprint density at radius 2 is 1.73 bits per heavy atom. The van der Waals surface area contributed by atoms with Crippen LogP contribution < -0.4 is 5.32 Å². The lowest BCUT2D eigenvalue weighted by Gasteiger charge is -2.21. The second-order valence-corrected chi connectivity index (χ2v) is 6.84. The quantitative estimate of drug-likeness (QED) is 0.493. The molecular weight excluding hydrogens is 388 g/mol. The van der Waals surface area contributed by atoms with E-state index >= 15 is 0 Å². The maximum Gasteiger partial charge on any atom is 0.326 e. The molecule has 1 atom stereocenters. The van der Waals surface area contributed by atoms with E-state index in [1.54, 1.807) is 31.2 Å². The molecule has 3 amide bonds. The second kappa shape index (κ2) is 7.78. The Hall–Kier alpha value is -4.01. The second-order valence-electron chi connectivity index (χ2n) is 6.84. The third kappa shape index (κ3) is 3.64. The van der Waals surface area contributed by atoms with Crippen molar-refractivity contribution in [3.63, 3.8) is 0 Å². The number of aromatic nitrogens is 2. The molecule has 2 aromatic carbocycles. The number of urea groups is 1. The highest BCUT2D eigenvalue weighted by atomic mass is 16.5. The summed E-state index contributed by atoms with van der Waals surface area (Å²) in [4.78, 5) is 38.1. The first kappa shape index (κ1) is 19.3. The van der Waals surface area contributed by atoms with E-state index in [4.69, 9.17) is 9.15 Å². The van der Waals surface area contributed by atoms with Crippen LogP contribution in [0.1, 0.15) is 18.4 Å². The zero-order chi connectivity index (χ0) is 21.1. The average molecular weight is 406 g/mol. The van der Waals surface area contributed by atoms with Gasteiger partial charge in [-0.1, -0.05) is 48.5 Å². The monoisotopic (exact) mass is 406 g/mol. The zero-order valence-corrected chi connectivity index (χ0v) is 16.1. The van der Waals surface area contributed by atoms with E-state index in [1.807, 2.05) is 36.4 Å². The maximum atomic E-state index is 12.8. The number of nitrogens with one attached hydrogen (secondary N) is 1. The molecule has 1 N–H and O–H groups in total. The van der Waals surface area contributed by atoms with Crippen molar-refractivity contribution in [1.82, 2.24) is 20.4 Å². The SMILES string of the molecule is C[C@]1(c2ccccc2)NC(=O)N(CC(=O)OCc2nnc(-c3ccccc3)o2)C1=O. The first-order chi connectivity index (χ1) is 14.5. The third-order valence-corrected chi connectivity index (χ3v) is 4.76. The van der Waals surface area contributed by atoms with E-state index in [2.05, 4.69) is 15.5 Å². The highest BCUT2D eigenvalue weighted by Gasteiger charge is 2.49. The van der Waals surface area contributed by atoms with Gasteiger partial charge in [0.15, 0.2) is 6.61 Å². The Morgan fingerprint density at radius 3 is 2.43 bits per heavy atom. The van der Waals surface area contributed by atoms with Gasteiger partial charge in [0.25, 0.3) is 11.8 Å². The number of ether oxygens (including phenoxy) is 1. The Morgan fingerprint density at radius 1 is 1.07 bits per heavy atom. The summed E-state index contributed by atoms with van der Waals surface area (Å²) in [5.74, 6) is -0.891. The van der Waals surface area contributed by atoms with Crippen molar-refractivity contribution >= 4 is 17.9 Å². The molecule has 0 bridgehead atoms. The molecule has 2 heterocycles. The van der Waals surface area contributed by atoms with Gasteiger partial charge in [0.1, 0.15) is 12.1 Å². The standard InChI is InChI=1S/C21H18N4O5/c1-21(15-10-6-3-7-11-15)19(27)25(20(28)22-21)12-17(26)29-13-16-23-24-18(30-16)14-8-4-2-5-9-14/h2-11H,12-13H2,1H3,(H,22,28)/t21-/m1/s1. The summed E-state index contributed by atoms with van der Waals surface area (Å²) < 4.78 is 10.6. The van der Waals surface area contributed by atoms with Crippen molar-refractivity contribution in [3.8, 4) is 11.5 Å².